The van der Waals surface area contributed by atoms with Gasteiger partial charge in [0.2, 0.25) is 0 Å². The van der Waals surface area contributed by atoms with Crippen molar-refractivity contribution in [2.45, 2.75) is 49.7 Å². The molecule has 1 aliphatic rings. The van der Waals surface area contributed by atoms with Gasteiger partial charge in [0, 0.05) is 0 Å². The molecule has 8 nitrogen and oxygen atoms in total. The van der Waals surface area contributed by atoms with Crippen molar-refractivity contribution in [3.63, 3.8) is 0 Å². The van der Waals surface area contributed by atoms with Crippen LogP contribution in [0.1, 0.15) is 26.3 Å². The molecule has 2 heterocycles. The molecule has 1 radical (unpaired) electrons. The number of anilines is 1. The van der Waals surface area contributed by atoms with Gasteiger partial charge >= 0.3 is 173 Å². The summed E-state index contributed by atoms with van der Waals surface area (Å²) in [6, 6.07) is 2.59. The Hall–Kier alpha value is -1.79. The smallest absolute Gasteiger partial charge is 0.147 e. The fourth-order valence-electron chi connectivity index (χ4n) is 3.13. The fraction of sp³-hybridized carbons (Fsp3) is 0.579. The molecule has 0 fully saturated rings. The van der Waals surface area contributed by atoms with Crippen molar-refractivity contribution >= 4 is 51.8 Å². The van der Waals surface area contributed by atoms with E-state index >= 15 is 0 Å². The van der Waals surface area contributed by atoms with Crippen molar-refractivity contribution in [2.24, 2.45) is 5.92 Å². The van der Waals surface area contributed by atoms with Crippen molar-refractivity contribution in [3.8, 4) is 0 Å². The zero-order chi connectivity index (χ0) is 20.8. The molecule has 2 rings (SSSR count). The van der Waals surface area contributed by atoms with Crippen LogP contribution in [-0.2, 0) is 16.0 Å². The van der Waals surface area contributed by atoms with Crippen molar-refractivity contribution in [3.05, 3.63) is 23.9 Å². The minimum atomic E-state index is -0.641. The van der Waals surface area contributed by atoms with E-state index in [-0.39, 0.29) is 62.7 Å². The number of fused-ring (bicyclic) bond motifs is 1. The summed E-state index contributed by atoms with van der Waals surface area (Å²) in [5.74, 6) is 0.252. The molecule has 1 aromatic rings. The van der Waals surface area contributed by atoms with E-state index in [0.717, 1.165) is 5.56 Å². The minimum Gasteiger partial charge on any atom is -0.147 e. The third kappa shape index (κ3) is 6.09. The molecular weight excluding hydrogens is 457 g/mol. The Kier molecular flexibility index (Phi) is 9.93. The molecule has 0 spiro atoms. The van der Waals surface area contributed by atoms with Crippen molar-refractivity contribution in [2.75, 3.05) is 18.5 Å². The molecule has 0 aromatic carbocycles. The maximum atomic E-state index is 13.5. The Balaban J connectivity index is 0.00000420. The molecule has 0 bridgehead atoms. The van der Waals surface area contributed by atoms with E-state index in [1.54, 1.807) is 18.1 Å². The number of pyridine rings is 1. The van der Waals surface area contributed by atoms with E-state index in [9.17, 15) is 14.4 Å². The van der Waals surface area contributed by atoms with Gasteiger partial charge in [0.15, 0.2) is 0 Å². The topological polar surface area (TPSA) is 103 Å². The van der Waals surface area contributed by atoms with Crippen LogP contribution in [0.5, 0.6) is 0 Å². The Morgan fingerprint density at radius 1 is 1.31 bits per heavy atom. The largest absolute Gasteiger partial charge is 0.147 e. The number of aromatic nitrogens is 1. The quantitative estimate of drug-likeness (QED) is 0.507. The number of halogens is 1. The van der Waals surface area contributed by atoms with E-state index in [1.165, 1.54) is 0 Å². The van der Waals surface area contributed by atoms with Gasteiger partial charge in [-0.3, -0.25) is 0 Å². The summed E-state index contributed by atoms with van der Waals surface area (Å²) in [4.78, 5) is 43.6. The van der Waals surface area contributed by atoms with Crippen LogP contribution >= 0.6 is 12.4 Å². The van der Waals surface area contributed by atoms with E-state index in [2.05, 4.69) is 20.9 Å². The number of hydrogen-bond acceptors (Lipinski definition) is 4. The summed E-state index contributed by atoms with van der Waals surface area (Å²) in [5.41, 5.74) is 2.99. The van der Waals surface area contributed by atoms with E-state index in [0.29, 0.717) is 18.8 Å². The number of nitrogens with zero attached hydrogens (tertiary/aromatic N) is 2. The first kappa shape index (κ1) is 25.2. The first-order valence-corrected chi connectivity index (χ1v) is 12.4. The zero-order valence-electron chi connectivity index (χ0n) is 17.4. The molecule has 1 aromatic heterocycles. The fourth-order valence-corrected chi connectivity index (χ4v) is 3.77. The standard InChI is InChI=1S/C19H29AsN5O3.ClH/c1-11(2)15(24-17(26)12(3)20-4)18(27)25-14(10-23-19(28)21-5)9-13-7-6-8-22-16(13)25;/h6-8,11-12,14-15H,9-10H2,1-5H3,(H,24,26)(H2,21,23,28);1H/t12-,14?,15-;/m0./s1. The van der Waals surface area contributed by atoms with Crippen LogP contribution in [0, 0.1) is 5.92 Å². The van der Waals surface area contributed by atoms with Crippen LogP contribution in [0.25, 0.3) is 0 Å². The van der Waals surface area contributed by atoms with Crippen molar-refractivity contribution < 1.29 is 14.4 Å². The molecule has 0 aliphatic carbocycles. The molecule has 29 heavy (non-hydrogen) atoms. The van der Waals surface area contributed by atoms with Crippen LogP contribution in [0.3, 0.4) is 0 Å². The Morgan fingerprint density at radius 2 is 2.00 bits per heavy atom. The van der Waals surface area contributed by atoms with Gasteiger partial charge in [0.05, 0.1) is 0 Å². The Bertz CT molecular complexity index is 734. The maximum Gasteiger partial charge on any atom is -0.147 e. The molecule has 161 valence electrons. The first-order valence-electron chi connectivity index (χ1n) is 9.42. The third-order valence-corrected chi connectivity index (χ3v) is 6.99. The molecule has 3 N–H and O–H groups in total. The van der Waals surface area contributed by atoms with Crippen LogP contribution < -0.4 is 20.9 Å². The van der Waals surface area contributed by atoms with E-state index in [4.69, 9.17) is 0 Å². The number of nitrogens with one attached hydrogen (secondary N) is 3. The van der Waals surface area contributed by atoms with Crippen molar-refractivity contribution in [1.29, 1.82) is 0 Å². The average Bonchev–Trinajstić information content (AvgIpc) is 3.06. The first-order chi connectivity index (χ1) is 13.3. The average molecular weight is 487 g/mol. The molecule has 0 saturated carbocycles. The predicted octanol–water partition coefficient (Wildman–Crippen LogP) is 1.39. The molecule has 1 unspecified atom stereocenters. The molecule has 0 saturated heterocycles. The molecule has 3 atom stereocenters. The van der Waals surface area contributed by atoms with Crippen LogP contribution in [0.15, 0.2) is 18.3 Å². The summed E-state index contributed by atoms with van der Waals surface area (Å²) >= 11 is -0.108. The van der Waals surface area contributed by atoms with Gasteiger partial charge < -0.3 is 0 Å². The van der Waals surface area contributed by atoms with E-state index < -0.39 is 6.04 Å². The Labute approximate surface area is 185 Å². The second-order valence-electron chi connectivity index (χ2n) is 7.18. The number of carbonyl (C=O) groups is 3. The number of urea groups is 1. The van der Waals surface area contributed by atoms with Gasteiger partial charge in [-0.25, -0.2) is 0 Å². The van der Waals surface area contributed by atoms with Gasteiger partial charge in [-0.2, -0.15) is 0 Å². The monoisotopic (exact) mass is 486 g/mol. The normalized spacial score (nSPS) is 17.4. The molecule has 4 amide bonds. The summed E-state index contributed by atoms with van der Waals surface area (Å²) in [5, 5.41) is 8.23. The third-order valence-electron chi connectivity index (χ3n) is 4.88. The van der Waals surface area contributed by atoms with Gasteiger partial charge in [0.25, 0.3) is 0 Å². The summed E-state index contributed by atoms with van der Waals surface area (Å²) in [6.07, 6.45) is 2.26. The molecular formula is C19H30AsClN5O3. The Morgan fingerprint density at radius 3 is 2.59 bits per heavy atom. The van der Waals surface area contributed by atoms with Crippen molar-refractivity contribution in [1.82, 2.24) is 20.9 Å². The maximum absolute atomic E-state index is 13.5. The zero-order valence-corrected chi connectivity index (χ0v) is 20.1. The SMILES string of the molecule is CNC(=O)NCC1Cc2cccnc2N1C(=O)[C@@H](NC(=O)[C@H](C)[As]C)C(C)C.Cl. The summed E-state index contributed by atoms with van der Waals surface area (Å²) in [6.45, 7) is 6.03. The summed E-state index contributed by atoms with van der Waals surface area (Å²) in [7, 11) is 1.55. The minimum absolute atomic E-state index is 0. The second-order valence-corrected chi connectivity index (χ2v) is 9.89. The van der Waals surface area contributed by atoms with Gasteiger partial charge in [-0.1, -0.05) is 0 Å². The molecule has 10 heteroatoms. The van der Waals surface area contributed by atoms with Gasteiger partial charge in [0.1, 0.15) is 0 Å². The number of hydrogen-bond donors (Lipinski definition) is 3. The number of rotatable bonds is 7. The van der Waals surface area contributed by atoms with Crippen LogP contribution in [-0.4, -0.2) is 64.3 Å². The predicted molar refractivity (Wildman–Crippen MR) is 117 cm³/mol. The number of carbonyl (C=O) groups excluding carboxylic acids is 3. The van der Waals surface area contributed by atoms with E-state index in [1.807, 2.05) is 38.6 Å². The number of amides is 4. The second kappa shape index (κ2) is 11.4. The molecule has 1 aliphatic heterocycles. The van der Waals surface area contributed by atoms with Gasteiger partial charge in [-0.15, -0.1) is 12.4 Å². The summed E-state index contributed by atoms with van der Waals surface area (Å²) < 4.78 is -0.0694. The van der Waals surface area contributed by atoms with Crippen LogP contribution in [0.2, 0.25) is 10.4 Å². The van der Waals surface area contributed by atoms with Crippen LogP contribution in [0.4, 0.5) is 10.6 Å². The van der Waals surface area contributed by atoms with Gasteiger partial charge in [-0.05, 0) is 0 Å².